The van der Waals surface area contributed by atoms with Crippen molar-refractivity contribution in [2.75, 3.05) is 0 Å². The topological polar surface area (TPSA) is 58.7 Å². The zero-order chi connectivity index (χ0) is 9.14. The average molecular weight is 187 g/mol. The van der Waals surface area contributed by atoms with Crippen LogP contribution in [-0.4, -0.2) is 10.1 Å². The fourth-order valence-corrected chi connectivity index (χ4v) is 1.00. The molecule has 5 heteroatoms. The van der Waals surface area contributed by atoms with Crippen LogP contribution in [0.25, 0.3) is 0 Å². The van der Waals surface area contributed by atoms with E-state index in [1.807, 2.05) is 0 Å². The number of hydrogen-bond acceptors (Lipinski definition) is 2. The number of aryl methyl sites for hydroxylation is 1. The highest BCUT2D eigenvalue weighted by Crippen LogP contribution is 2.22. The SMILES string of the molecule is Cc1ccc(Cl)cc1/[N+]([O-])=N/O. The Hall–Kier alpha value is -1.29. The first-order valence-corrected chi connectivity index (χ1v) is 3.61. The van der Waals surface area contributed by atoms with Gasteiger partial charge in [-0.3, -0.25) is 0 Å². The van der Waals surface area contributed by atoms with Crippen LogP contribution in [0.1, 0.15) is 5.56 Å². The lowest BCUT2D eigenvalue weighted by molar-refractivity contribution is -0.474. The van der Waals surface area contributed by atoms with Crippen LogP contribution >= 0.6 is 11.6 Å². The summed E-state index contributed by atoms with van der Waals surface area (Å²) in [6.07, 6.45) is 0. The van der Waals surface area contributed by atoms with Crippen molar-refractivity contribution < 1.29 is 10.1 Å². The predicted molar refractivity (Wildman–Crippen MR) is 43.7 cm³/mol. The Balaban J connectivity index is 3.23. The highest BCUT2D eigenvalue weighted by Gasteiger charge is 2.08. The van der Waals surface area contributed by atoms with Crippen LogP contribution in [-0.2, 0) is 0 Å². The van der Waals surface area contributed by atoms with Crippen molar-refractivity contribution in [2.24, 2.45) is 5.28 Å². The summed E-state index contributed by atoms with van der Waals surface area (Å²) >= 11 is 5.63. The van der Waals surface area contributed by atoms with Gasteiger partial charge in [0.15, 0.2) is 0 Å². The molecule has 0 amide bonds. The van der Waals surface area contributed by atoms with Crippen molar-refractivity contribution >= 4 is 17.3 Å². The fourth-order valence-electron chi connectivity index (χ4n) is 0.837. The van der Waals surface area contributed by atoms with Gasteiger partial charge in [0.1, 0.15) is 0 Å². The number of benzene rings is 1. The summed E-state index contributed by atoms with van der Waals surface area (Å²) in [4.78, 5) is 0.112. The second-order valence-electron chi connectivity index (χ2n) is 2.29. The van der Waals surface area contributed by atoms with Gasteiger partial charge >= 0.3 is 0 Å². The number of nitrogens with zero attached hydrogens (tertiary/aromatic N) is 2. The zero-order valence-electron chi connectivity index (χ0n) is 6.36. The summed E-state index contributed by atoms with van der Waals surface area (Å²) in [5.74, 6) is 0. The van der Waals surface area contributed by atoms with Crippen LogP contribution in [0.15, 0.2) is 23.5 Å². The molecule has 4 nitrogen and oxygen atoms in total. The minimum atomic E-state index is 0.112. The summed E-state index contributed by atoms with van der Waals surface area (Å²) in [5.41, 5.74) is 0.942. The van der Waals surface area contributed by atoms with Gasteiger partial charge < -0.3 is 10.4 Å². The molecule has 0 spiro atoms. The molecule has 1 rings (SSSR count). The Morgan fingerprint density at radius 3 is 2.83 bits per heavy atom. The molecule has 0 bridgehead atoms. The van der Waals surface area contributed by atoms with Gasteiger partial charge in [-0.15, -0.1) is 0 Å². The van der Waals surface area contributed by atoms with E-state index < -0.39 is 0 Å². The lowest BCUT2D eigenvalue weighted by atomic mass is 10.2. The maximum atomic E-state index is 10.8. The standard InChI is InChI=1S/C7H7ClN2O2/c1-5-2-3-6(8)4-7(5)10(12)9-11/h2-4,11H,1H3/b10-9-. The molecule has 0 fully saturated rings. The summed E-state index contributed by atoms with van der Waals surface area (Å²) in [5, 5.41) is 21.9. The molecule has 0 atom stereocenters. The van der Waals surface area contributed by atoms with Crippen LogP contribution < -0.4 is 0 Å². The molecular weight excluding hydrogens is 180 g/mol. The normalized spacial score (nSPS) is 11.7. The van der Waals surface area contributed by atoms with E-state index in [0.29, 0.717) is 10.6 Å². The van der Waals surface area contributed by atoms with Crippen LogP contribution in [0.3, 0.4) is 0 Å². The molecule has 0 aliphatic carbocycles. The van der Waals surface area contributed by atoms with E-state index in [1.54, 1.807) is 19.1 Å². The second-order valence-corrected chi connectivity index (χ2v) is 2.73. The Bertz CT molecular complexity index is 325. The van der Waals surface area contributed by atoms with Crippen molar-refractivity contribution in [1.82, 2.24) is 0 Å². The van der Waals surface area contributed by atoms with E-state index in [9.17, 15) is 5.21 Å². The van der Waals surface area contributed by atoms with Gasteiger partial charge in [0.2, 0.25) is 5.28 Å². The highest BCUT2D eigenvalue weighted by molar-refractivity contribution is 6.30. The first-order valence-electron chi connectivity index (χ1n) is 3.23. The third kappa shape index (κ3) is 1.65. The molecular formula is C7H7ClN2O2. The molecule has 0 saturated heterocycles. The minimum Gasteiger partial charge on any atom is -0.592 e. The summed E-state index contributed by atoms with van der Waals surface area (Å²) in [6, 6.07) is 4.77. The first kappa shape index (κ1) is 8.80. The van der Waals surface area contributed by atoms with Gasteiger partial charge in [0.05, 0.1) is 0 Å². The largest absolute Gasteiger partial charge is 0.592 e. The molecule has 1 N–H and O–H groups in total. The molecule has 0 unspecified atom stereocenters. The lowest BCUT2D eigenvalue weighted by Crippen LogP contribution is -1.93. The van der Waals surface area contributed by atoms with E-state index in [1.165, 1.54) is 6.07 Å². The Morgan fingerprint density at radius 1 is 1.58 bits per heavy atom. The Labute approximate surface area is 74.3 Å². The van der Waals surface area contributed by atoms with E-state index in [-0.39, 0.29) is 10.5 Å². The monoisotopic (exact) mass is 186 g/mol. The highest BCUT2D eigenvalue weighted by atomic mass is 35.5. The average Bonchev–Trinajstić information content (AvgIpc) is 2.08. The molecule has 0 saturated carbocycles. The fraction of sp³-hybridized carbons (Fsp3) is 0.143. The van der Waals surface area contributed by atoms with Crippen molar-refractivity contribution in [3.63, 3.8) is 0 Å². The van der Waals surface area contributed by atoms with Gasteiger partial charge in [-0.05, 0) is 17.9 Å². The van der Waals surface area contributed by atoms with Crippen LogP contribution in [0.5, 0.6) is 0 Å². The summed E-state index contributed by atoms with van der Waals surface area (Å²) < 4.78 is 0. The first-order chi connectivity index (χ1) is 5.65. The van der Waals surface area contributed by atoms with Crippen molar-refractivity contribution in [3.8, 4) is 0 Å². The third-order valence-corrected chi connectivity index (χ3v) is 1.69. The predicted octanol–water partition coefficient (Wildman–Crippen LogP) is 2.63. The molecule has 0 aromatic heterocycles. The van der Waals surface area contributed by atoms with Crippen molar-refractivity contribution in [2.45, 2.75) is 6.92 Å². The maximum Gasteiger partial charge on any atom is 0.252 e. The number of hydrogen-bond donors (Lipinski definition) is 1. The van der Waals surface area contributed by atoms with Gasteiger partial charge in [0.25, 0.3) is 5.69 Å². The molecule has 64 valence electrons. The van der Waals surface area contributed by atoms with Crippen LogP contribution in [0.2, 0.25) is 5.02 Å². The summed E-state index contributed by atoms with van der Waals surface area (Å²) in [6.45, 7) is 1.72. The third-order valence-electron chi connectivity index (χ3n) is 1.46. The smallest absolute Gasteiger partial charge is 0.252 e. The van der Waals surface area contributed by atoms with Gasteiger partial charge in [-0.25, -0.2) is 0 Å². The quantitative estimate of drug-likeness (QED) is 0.416. The Morgan fingerprint density at radius 2 is 2.25 bits per heavy atom. The van der Waals surface area contributed by atoms with Crippen molar-refractivity contribution in [3.05, 3.63) is 34.0 Å². The second kappa shape index (κ2) is 3.40. The molecule has 0 aliphatic heterocycles. The summed E-state index contributed by atoms with van der Waals surface area (Å²) in [7, 11) is 0. The minimum absolute atomic E-state index is 0.112. The number of halogens is 1. The number of rotatable bonds is 1. The lowest BCUT2D eigenvalue weighted by Gasteiger charge is -2.00. The molecule has 12 heavy (non-hydrogen) atoms. The van der Waals surface area contributed by atoms with Crippen molar-refractivity contribution in [1.29, 1.82) is 0 Å². The van der Waals surface area contributed by atoms with E-state index >= 15 is 0 Å². The molecule has 0 radical (unpaired) electrons. The zero-order valence-corrected chi connectivity index (χ0v) is 7.12. The van der Waals surface area contributed by atoms with Crippen LogP contribution in [0.4, 0.5) is 5.69 Å². The van der Waals surface area contributed by atoms with Gasteiger partial charge in [-0.1, -0.05) is 17.7 Å². The van der Waals surface area contributed by atoms with Gasteiger partial charge in [0, 0.05) is 16.7 Å². The maximum absolute atomic E-state index is 10.8. The van der Waals surface area contributed by atoms with E-state index in [0.717, 1.165) is 0 Å². The van der Waals surface area contributed by atoms with E-state index in [4.69, 9.17) is 16.8 Å². The Kier molecular flexibility index (Phi) is 2.50. The molecule has 0 aliphatic rings. The molecule has 0 heterocycles. The molecule has 1 aromatic rings. The molecule has 1 aromatic carbocycles. The van der Waals surface area contributed by atoms with E-state index in [2.05, 4.69) is 5.28 Å². The van der Waals surface area contributed by atoms with Crippen LogP contribution in [0, 0.1) is 12.1 Å². The van der Waals surface area contributed by atoms with Gasteiger partial charge in [-0.2, -0.15) is 0 Å².